The van der Waals surface area contributed by atoms with Crippen molar-refractivity contribution in [2.75, 3.05) is 12.3 Å². The maximum absolute atomic E-state index is 3.16. The van der Waals surface area contributed by atoms with E-state index in [1.165, 1.54) is 12.3 Å². The van der Waals surface area contributed by atoms with Crippen molar-refractivity contribution in [2.24, 2.45) is 0 Å². The lowest BCUT2D eigenvalue weighted by molar-refractivity contribution is 0.555. The van der Waals surface area contributed by atoms with E-state index in [4.69, 9.17) is 0 Å². The lowest BCUT2D eigenvalue weighted by Crippen LogP contribution is -2.00. The van der Waals surface area contributed by atoms with Gasteiger partial charge < -0.3 is 0 Å². The third kappa shape index (κ3) is 0.303. The van der Waals surface area contributed by atoms with E-state index >= 15 is 0 Å². The van der Waals surface area contributed by atoms with Crippen LogP contribution >= 0.6 is 11.8 Å². The normalized spacial score (nSPS) is 52.0. The maximum Gasteiger partial charge on any atom is 0.133 e. The molecule has 2 atom stereocenters. The van der Waals surface area contributed by atoms with Gasteiger partial charge in [-0.05, 0) is 0 Å². The summed E-state index contributed by atoms with van der Waals surface area (Å²) < 4.78 is 0. The minimum atomic E-state index is 0.713. The van der Waals surface area contributed by atoms with Gasteiger partial charge in [0.1, 0.15) is 5.50 Å². The molecule has 0 saturated carbocycles. The van der Waals surface area contributed by atoms with Gasteiger partial charge in [-0.1, -0.05) is 0 Å². The molecule has 0 aromatic carbocycles. The number of rotatable bonds is 0. The Labute approximate surface area is 40.9 Å². The predicted octanol–water partition coefficient (Wildman–Crippen LogP) is -0.163. The number of hydrogen-bond donors (Lipinski definition) is 1. The van der Waals surface area contributed by atoms with Crippen molar-refractivity contribution in [3.05, 3.63) is 0 Å². The van der Waals surface area contributed by atoms with Crippen LogP contribution < -0.4 is 5.43 Å². The van der Waals surface area contributed by atoms with Gasteiger partial charge >= 0.3 is 0 Å². The van der Waals surface area contributed by atoms with Crippen LogP contribution in [-0.4, -0.2) is 22.8 Å². The number of thioether (sulfide) groups is 1. The van der Waals surface area contributed by atoms with Crippen molar-refractivity contribution in [3.8, 4) is 0 Å². The van der Waals surface area contributed by atoms with Crippen LogP contribution in [0.3, 0.4) is 0 Å². The van der Waals surface area contributed by atoms with Gasteiger partial charge in [0.2, 0.25) is 0 Å². The molecule has 6 heavy (non-hydrogen) atoms. The van der Waals surface area contributed by atoms with Gasteiger partial charge in [0, 0.05) is 12.3 Å². The molecule has 3 heteroatoms. The summed E-state index contributed by atoms with van der Waals surface area (Å²) in [7, 11) is 0. The van der Waals surface area contributed by atoms with E-state index < -0.39 is 0 Å². The summed E-state index contributed by atoms with van der Waals surface area (Å²) in [5.74, 6) is 1.32. The van der Waals surface area contributed by atoms with E-state index in [0.29, 0.717) is 5.50 Å². The lowest BCUT2D eigenvalue weighted by atomic mass is 10.8. The summed E-state index contributed by atoms with van der Waals surface area (Å²) in [4.78, 5) is 0. The highest BCUT2D eigenvalue weighted by Crippen LogP contribution is 2.28. The van der Waals surface area contributed by atoms with E-state index in [9.17, 15) is 0 Å². The molecule has 0 amide bonds. The molecule has 0 radical (unpaired) electrons. The smallest absolute Gasteiger partial charge is 0.133 e. The van der Waals surface area contributed by atoms with Crippen LogP contribution in [0.5, 0.6) is 0 Å². The molecule has 0 aromatic heterocycles. The molecule has 2 unspecified atom stereocenters. The summed E-state index contributed by atoms with van der Waals surface area (Å²) in [5, 5.41) is 2.24. The summed E-state index contributed by atoms with van der Waals surface area (Å²) in [6.45, 7) is 1.25. The van der Waals surface area contributed by atoms with Crippen molar-refractivity contribution in [1.29, 1.82) is 0 Å². The molecule has 2 heterocycles. The zero-order valence-electron chi connectivity index (χ0n) is 3.35. The molecule has 0 aromatic rings. The van der Waals surface area contributed by atoms with E-state index in [0.717, 1.165) is 0 Å². The molecule has 2 aliphatic heterocycles. The first kappa shape index (κ1) is 3.29. The molecule has 0 bridgehead atoms. The Morgan fingerprint density at radius 1 is 1.83 bits per heavy atom. The van der Waals surface area contributed by atoms with E-state index in [-0.39, 0.29) is 0 Å². The van der Waals surface area contributed by atoms with Crippen LogP contribution in [0.25, 0.3) is 0 Å². The Morgan fingerprint density at radius 3 is 3.00 bits per heavy atom. The first-order valence-corrected chi connectivity index (χ1v) is 3.16. The first-order chi connectivity index (χ1) is 2.97. The van der Waals surface area contributed by atoms with Crippen molar-refractivity contribution in [3.63, 3.8) is 0 Å². The number of hydrazine groups is 1. The minimum absolute atomic E-state index is 0.713. The van der Waals surface area contributed by atoms with Crippen LogP contribution in [0.1, 0.15) is 0 Å². The van der Waals surface area contributed by atoms with Gasteiger partial charge in [-0.25, -0.2) is 10.4 Å². The quantitative estimate of drug-likeness (QED) is 0.430. The van der Waals surface area contributed by atoms with Crippen LogP contribution in [0, 0.1) is 0 Å². The fourth-order valence-electron chi connectivity index (χ4n) is 0.680. The highest BCUT2D eigenvalue weighted by Gasteiger charge is 2.38. The van der Waals surface area contributed by atoms with E-state index in [1.807, 2.05) is 11.8 Å². The molecule has 2 rings (SSSR count). The standard InChI is InChI=1S/C3H6N2S/c1-2-6-3-4-5(1)3/h3-4H,1-2H2. The summed E-state index contributed by atoms with van der Waals surface area (Å²) in [6.07, 6.45) is 0. The predicted molar refractivity (Wildman–Crippen MR) is 26.1 cm³/mol. The first-order valence-electron chi connectivity index (χ1n) is 2.11. The Kier molecular flexibility index (Phi) is 0.500. The molecule has 0 aliphatic carbocycles. The van der Waals surface area contributed by atoms with Gasteiger partial charge in [-0.3, -0.25) is 0 Å². The fourth-order valence-corrected chi connectivity index (χ4v) is 1.70. The molecular weight excluding hydrogens is 96.1 g/mol. The van der Waals surface area contributed by atoms with Gasteiger partial charge in [0.05, 0.1) is 0 Å². The van der Waals surface area contributed by atoms with Gasteiger partial charge in [0.25, 0.3) is 0 Å². The van der Waals surface area contributed by atoms with Gasteiger partial charge in [-0.15, -0.1) is 11.8 Å². The molecule has 2 nitrogen and oxygen atoms in total. The largest absolute Gasteiger partial charge is 0.225 e. The summed E-state index contributed by atoms with van der Waals surface area (Å²) in [5.41, 5.74) is 3.88. The topological polar surface area (TPSA) is 25.0 Å². The maximum atomic E-state index is 3.16. The number of nitrogens with one attached hydrogen (secondary N) is 1. The second kappa shape index (κ2) is 0.911. The van der Waals surface area contributed by atoms with Crippen LogP contribution in [0.2, 0.25) is 0 Å². The van der Waals surface area contributed by atoms with E-state index in [2.05, 4.69) is 10.4 Å². The average molecular weight is 102 g/mol. The second-order valence-corrected chi connectivity index (χ2v) is 2.73. The molecule has 0 spiro atoms. The Morgan fingerprint density at radius 2 is 2.83 bits per heavy atom. The summed E-state index contributed by atoms with van der Waals surface area (Å²) >= 11 is 1.99. The third-order valence-corrected chi connectivity index (χ3v) is 2.19. The van der Waals surface area contributed by atoms with Gasteiger partial charge in [-0.2, -0.15) is 0 Å². The monoisotopic (exact) mass is 102 g/mol. The Bertz CT molecular complexity index is 67.2. The molecule has 2 fully saturated rings. The third-order valence-electron chi connectivity index (χ3n) is 1.10. The molecule has 1 N–H and O–H groups in total. The van der Waals surface area contributed by atoms with Crippen molar-refractivity contribution in [2.45, 2.75) is 5.50 Å². The molecule has 34 valence electrons. The molecule has 2 aliphatic rings. The minimum Gasteiger partial charge on any atom is -0.225 e. The second-order valence-electron chi connectivity index (χ2n) is 1.55. The van der Waals surface area contributed by atoms with Crippen LogP contribution in [0.4, 0.5) is 0 Å². The average Bonchev–Trinajstić information content (AvgIpc) is 2.17. The highest BCUT2D eigenvalue weighted by molar-refractivity contribution is 8.00. The number of hydrogen-bond acceptors (Lipinski definition) is 3. The Hall–Kier alpha value is 0.270. The van der Waals surface area contributed by atoms with Crippen molar-refractivity contribution >= 4 is 11.8 Å². The molecule has 2 saturated heterocycles. The van der Waals surface area contributed by atoms with Crippen molar-refractivity contribution in [1.82, 2.24) is 10.4 Å². The number of nitrogens with zero attached hydrogens (tertiary/aromatic N) is 1. The fraction of sp³-hybridized carbons (Fsp3) is 1.00. The molecular formula is C3H6N2S. The SMILES string of the molecule is C1CN2NC2S1. The van der Waals surface area contributed by atoms with Crippen LogP contribution in [0.15, 0.2) is 0 Å². The van der Waals surface area contributed by atoms with Crippen LogP contribution in [-0.2, 0) is 0 Å². The lowest BCUT2D eigenvalue weighted by Gasteiger charge is -1.82. The zero-order chi connectivity index (χ0) is 3.98. The van der Waals surface area contributed by atoms with Crippen molar-refractivity contribution < 1.29 is 0 Å². The van der Waals surface area contributed by atoms with Gasteiger partial charge in [0.15, 0.2) is 0 Å². The number of fused-ring (bicyclic) bond motifs is 1. The Balaban J connectivity index is 2.09. The summed E-state index contributed by atoms with van der Waals surface area (Å²) in [6, 6.07) is 0. The zero-order valence-corrected chi connectivity index (χ0v) is 4.16. The highest BCUT2D eigenvalue weighted by atomic mass is 32.2. The van der Waals surface area contributed by atoms with E-state index in [1.54, 1.807) is 0 Å².